The van der Waals surface area contributed by atoms with Gasteiger partial charge in [0.15, 0.2) is 0 Å². The van der Waals surface area contributed by atoms with E-state index in [0.717, 1.165) is 6.42 Å². The smallest absolute Gasteiger partial charge is 0.411 e. The number of piperazine rings is 1. The number of hydrogen-bond acceptors (Lipinski definition) is 3. The van der Waals surface area contributed by atoms with E-state index in [-0.39, 0.29) is 24.1 Å². The summed E-state index contributed by atoms with van der Waals surface area (Å²) in [5.41, 5.74) is -0.538. The van der Waals surface area contributed by atoms with Crippen molar-refractivity contribution < 1.29 is 14.3 Å². The fraction of sp³-hybridized carbons (Fsp3) is 0.857. The molecule has 0 aliphatic carbocycles. The van der Waals surface area contributed by atoms with E-state index in [9.17, 15) is 9.59 Å². The predicted molar refractivity (Wildman–Crippen MR) is 73.9 cm³/mol. The lowest BCUT2D eigenvalue weighted by molar-refractivity contribution is -0.143. The van der Waals surface area contributed by atoms with Crippen LogP contribution >= 0.6 is 0 Å². The van der Waals surface area contributed by atoms with Gasteiger partial charge < -0.3 is 9.64 Å². The molecule has 2 unspecified atom stereocenters. The van der Waals surface area contributed by atoms with Gasteiger partial charge in [0.25, 0.3) is 0 Å². The largest absolute Gasteiger partial charge is 0.444 e. The fourth-order valence-electron chi connectivity index (χ4n) is 2.20. The van der Waals surface area contributed by atoms with Gasteiger partial charge in [-0.3, -0.25) is 9.69 Å². The zero-order valence-electron chi connectivity index (χ0n) is 12.9. The van der Waals surface area contributed by atoms with Crippen LogP contribution in [0.5, 0.6) is 0 Å². The molecule has 5 nitrogen and oxygen atoms in total. The average Bonchev–Trinajstić information content (AvgIpc) is 2.27. The van der Waals surface area contributed by atoms with Crippen molar-refractivity contribution in [3.05, 3.63) is 0 Å². The fourth-order valence-corrected chi connectivity index (χ4v) is 2.20. The molecule has 1 fully saturated rings. The number of likely N-dealkylation sites (N-methyl/N-ethyl adjacent to an activating group) is 1. The van der Waals surface area contributed by atoms with Gasteiger partial charge in [0, 0.05) is 19.6 Å². The highest BCUT2D eigenvalue weighted by atomic mass is 16.6. The van der Waals surface area contributed by atoms with Gasteiger partial charge in [0.05, 0.1) is 0 Å². The molecule has 1 rings (SSSR count). The summed E-state index contributed by atoms with van der Waals surface area (Å²) >= 11 is 0. The normalized spacial score (nSPS) is 24.6. The molecule has 110 valence electrons. The number of ether oxygens (including phenoxy) is 1. The summed E-state index contributed by atoms with van der Waals surface area (Å²) in [6, 6.07) is -0.367. The van der Waals surface area contributed by atoms with Crippen molar-refractivity contribution in [2.75, 3.05) is 13.6 Å². The first-order valence-corrected chi connectivity index (χ1v) is 6.93. The summed E-state index contributed by atoms with van der Waals surface area (Å²) in [6.07, 6.45) is 1.15. The van der Waals surface area contributed by atoms with Gasteiger partial charge in [-0.05, 0) is 34.1 Å². The van der Waals surface area contributed by atoms with Crippen LogP contribution in [0.3, 0.4) is 0 Å². The topological polar surface area (TPSA) is 49.9 Å². The van der Waals surface area contributed by atoms with Gasteiger partial charge in [-0.2, -0.15) is 0 Å². The van der Waals surface area contributed by atoms with E-state index in [1.807, 2.05) is 34.6 Å². The van der Waals surface area contributed by atoms with Crippen LogP contribution in [0.1, 0.15) is 47.5 Å². The number of rotatable bonds is 2. The molecule has 1 saturated heterocycles. The zero-order chi connectivity index (χ0) is 14.8. The molecule has 1 aliphatic rings. The minimum Gasteiger partial charge on any atom is -0.444 e. The lowest BCUT2D eigenvalue weighted by Gasteiger charge is -2.43. The Balaban J connectivity index is 2.88. The summed E-state index contributed by atoms with van der Waals surface area (Å²) < 4.78 is 5.40. The third-order valence-corrected chi connectivity index (χ3v) is 3.32. The first-order valence-electron chi connectivity index (χ1n) is 6.93. The maximum atomic E-state index is 12.3. The summed E-state index contributed by atoms with van der Waals surface area (Å²) in [5, 5.41) is 0. The third-order valence-electron chi connectivity index (χ3n) is 3.32. The Morgan fingerprint density at radius 2 is 2.00 bits per heavy atom. The van der Waals surface area contributed by atoms with Crippen LogP contribution in [0.4, 0.5) is 4.79 Å². The SMILES string of the molecule is CCCC1C(=O)N(C)C(C)CN1C(=O)OC(C)(C)C. The molecular weight excluding hydrogens is 244 g/mol. The lowest BCUT2D eigenvalue weighted by Crippen LogP contribution is -2.61. The minimum absolute atomic E-state index is 0.00598. The molecule has 0 spiro atoms. The monoisotopic (exact) mass is 270 g/mol. The van der Waals surface area contributed by atoms with Gasteiger partial charge in [-0.1, -0.05) is 13.3 Å². The van der Waals surface area contributed by atoms with Crippen molar-refractivity contribution in [1.82, 2.24) is 9.80 Å². The molecule has 2 amide bonds. The van der Waals surface area contributed by atoms with E-state index in [4.69, 9.17) is 4.74 Å². The second kappa shape index (κ2) is 5.80. The Kier molecular flexibility index (Phi) is 4.82. The van der Waals surface area contributed by atoms with Crippen LogP contribution in [0.15, 0.2) is 0 Å². The van der Waals surface area contributed by atoms with Crippen LogP contribution in [-0.4, -0.2) is 53.1 Å². The van der Waals surface area contributed by atoms with Crippen LogP contribution in [0.2, 0.25) is 0 Å². The Bertz CT molecular complexity index is 349. The summed E-state index contributed by atoms with van der Waals surface area (Å²) in [5.74, 6) is 0.00598. The molecule has 0 saturated carbocycles. The Labute approximate surface area is 115 Å². The van der Waals surface area contributed by atoms with Crippen molar-refractivity contribution in [1.29, 1.82) is 0 Å². The quantitative estimate of drug-likeness (QED) is 0.773. The van der Waals surface area contributed by atoms with Crippen molar-refractivity contribution in [2.24, 2.45) is 0 Å². The van der Waals surface area contributed by atoms with Gasteiger partial charge in [-0.15, -0.1) is 0 Å². The zero-order valence-corrected chi connectivity index (χ0v) is 12.9. The van der Waals surface area contributed by atoms with E-state index >= 15 is 0 Å². The van der Waals surface area contributed by atoms with Crippen LogP contribution < -0.4 is 0 Å². The first-order chi connectivity index (χ1) is 8.67. The van der Waals surface area contributed by atoms with E-state index in [0.29, 0.717) is 13.0 Å². The van der Waals surface area contributed by atoms with E-state index in [1.54, 1.807) is 16.8 Å². The van der Waals surface area contributed by atoms with E-state index in [1.165, 1.54) is 0 Å². The molecule has 0 aromatic rings. The van der Waals surface area contributed by atoms with Crippen molar-refractivity contribution in [2.45, 2.75) is 65.1 Å². The third kappa shape index (κ3) is 3.85. The Hall–Kier alpha value is -1.26. The predicted octanol–water partition coefficient (Wildman–Crippen LogP) is 2.25. The summed E-state index contributed by atoms with van der Waals surface area (Å²) in [6.45, 7) is 9.99. The first kappa shape index (κ1) is 15.8. The van der Waals surface area contributed by atoms with Crippen LogP contribution in [0.25, 0.3) is 0 Å². The van der Waals surface area contributed by atoms with Gasteiger partial charge in [0.2, 0.25) is 5.91 Å². The van der Waals surface area contributed by atoms with Gasteiger partial charge in [-0.25, -0.2) is 4.79 Å². The molecule has 0 radical (unpaired) electrons. The summed E-state index contributed by atoms with van der Waals surface area (Å²) in [4.78, 5) is 27.8. The van der Waals surface area contributed by atoms with E-state index in [2.05, 4.69) is 0 Å². The second-order valence-corrected chi connectivity index (χ2v) is 6.24. The highest BCUT2D eigenvalue weighted by Gasteiger charge is 2.40. The lowest BCUT2D eigenvalue weighted by atomic mass is 10.0. The minimum atomic E-state index is -0.538. The standard InChI is InChI=1S/C14H26N2O3/c1-7-8-11-12(17)15(6)10(2)9-16(11)13(18)19-14(3,4)5/h10-11H,7-9H2,1-6H3. The molecule has 1 aliphatic heterocycles. The molecule has 0 aromatic carbocycles. The van der Waals surface area contributed by atoms with E-state index < -0.39 is 5.60 Å². The maximum Gasteiger partial charge on any atom is 0.411 e. The Morgan fingerprint density at radius 3 is 2.47 bits per heavy atom. The number of carbonyl (C=O) groups excluding carboxylic acids is 2. The molecule has 1 heterocycles. The number of carbonyl (C=O) groups is 2. The molecule has 19 heavy (non-hydrogen) atoms. The summed E-state index contributed by atoms with van der Waals surface area (Å²) in [7, 11) is 1.79. The second-order valence-electron chi connectivity index (χ2n) is 6.24. The van der Waals surface area contributed by atoms with Gasteiger partial charge in [0.1, 0.15) is 11.6 Å². The molecule has 5 heteroatoms. The highest BCUT2D eigenvalue weighted by Crippen LogP contribution is 2.21. The number of amides is 2. The molecule has 2 atom stereocenters. The van der Waals surface area contributed by atoms with Crippen molar-refractivity contribution >= 4 is 12.0 Å². The van der Waals surface area contributed by atoms with Gasteiger partial charge >= 0.3 is 6.09 Å². The van der Waals surface area contributed by atoms with Crippen LogP contribution in [0, 0.1) is 0 Å². The highest BCUT2D eigenvalue weighted by molar-refractivity contribution is 5.87. The Morgan fingerprint density at radius 1 is 1.42 bits per heavy atom. The molecule has 0 aromatic heterocycles. The average molecular weight is 270 g/mol. The number of nitrogens with zero attached hydrogens (tertiary/aromatic N) is 2. The molecular formula is C14H26N2O3. The van der Waals surface area contributed by atoms with Crippen LogP contribution in [-0.2, 0) is 9.53 Å². The molecule has 0 N–H and O–H groups in total. The maximum absolute atomic E-state index is 12.3. The molecule has 0 bridgehead atoms. The van der Waals surface area contributed by atoms with Crippen molar-refractivity contribution in [3.63, 3.8) is 0 Å². The van der Waals surface area contributed by atoms with Crippen molar-refractivity contribution in [3.8, 4) is 0 Å². The number of hydrogen-bond donors (Lipinski definition) is 0.